The Bertz CT molecular complexity index is 319. The lowest BCUT2D eigenvalue weighted by Crippen LogP contribution is -2.16. The smallest absolute Gasteiger partial charge is 0.311 e. The Kier molecular flexibility index (Phi) is 4.75. The van der Waals surface area contributed by atoms with Gasteiger partial charge in [-0.05, 0) is 6.42 Å². The number of carboxylic acid groups (broad SMARTS) is 2. The SMILES string of the molecule is O=C(O)CCC(C=S(=O)=O)C(=O)O. The molecule has 0 heterocycles. The fourth-order valence-electron chi connectivity index (χ4n) is 0.663. The number of hydrogen-bond acceptors (Lipinski definition) is 4. The van der Waals surface area contributed by atoms with Crippen molar-refractivity contribution in [3.8, 4) is 0 Å². The maximum atomic E-state index is 10.3. The zero-order valence-corrected chi connectivity index (χ0v) is 7.32. The van der Waals surface area contributed by atoms with Gasteiger partial charge in [0.1, 0.15) is 0 Å². The molecule has 1 atom stereocenters. The summed E-state index contributed by atoms with van der Waals surface area (Å²) in [4.78, 5) is 20.4. The molecule has 0 amide bonds. The summed E-state index contributed by atoms with van der Waals surface area (Å²) in [5, 5.41) is 17.2. The molecule has 74 valence electrons. The first-order valence-corrected chi connectivity index (χ1v) is 4.45. The van der Waals surface area contributed by atoms with Crippen LogP contribution in [0.1, 0.15) is 12.8 Å². The van der Waals surface area contributed by atoms with Gasteiger partial charge in [0, 0.05) is 6.42 Å². The van der Waals surface area contributed by atoms with Gasteiger partial charge < -0.3 is 10.2 Å². The van der Waals surface area contributed by atoms with Gasteiger partial charge in [0.25, 0.3) is 0 Å². The molecule has 0 aromatic rings. The minimum absolute atomic E-state index is 0.224. The van der Waals surface area contributed by atoms with Gasteiger partial charge in [-0.25, -0.2) is 0 Å². The normalized spacial score (nSPS) is 11.7. The van der Waals surface area contributed by atoms with Crippen molar-refractivity contribution in [2.24, 2.45) is 5.92 Å². The predicted octanol–water partition coefficient (Wildman–Crippen LogP) is -0.767. The van der Waals surface area contributed by atoms with Gasteiger partial charge in [-0.3, -0.25) is 9.59 Å². The molecule has 0 aliphatic heterocycles. The molecule has 0 saturated carbocycles. The highest BCUT2D eigenvalue weighted by atomic mass is 32.2. The molecule has 6 nitrogen and oxygen atoms in total. The lowest BCUT2D eigenvalue weighted by molar-refractivity contribution is -0.140. The number of carboxylic acids is 2. The standard InChI is InChI=1S/C6H8O6S/c7-5(8)2-1-4(6(9)10)3-13(11)12/h3-4H,1-2H2,(H,7,8)(H,9,10). The van der Waals surface area contributed by atoms with Crippen LogP contribution in [0.4, 0.5) is 0 Å². The first-order valence-electron chi connectivity index (χ1n) is 3.31. The summed E-state index contributed by atoms with van der Waals surface area (Å²) in [6, 6.07) is 0. The molecule has 0 aromatic heterocycles. The average Bonchev–Trinajstić information content (AvgIpc) is 1.96. The molecule has 0 saturated heterocycles. The van der Waals surface area contributed by atoms with Crippen LogP contribution in [0.5, 0.6) is 0 Å². The number of rotatable bonds is 5. The lowest BCUT2D eigenvalue weighted by Gasteiger charge is -2.01. The van der Waals surface area contributed by atoms with Crippen LogP contribution in [0.3, 0.4) is 0 Å². The van der Waals surface area contributed by atoms with Crippen LogP contribution in [-0.4, -0.2) is 35.9 Å². The Morgan fingerprint density at radius 3 is 2.15 bits per heavy atom. The molecule has 0 bridgehead atoms. The van der Waals surface area contributed by atoms with E-state index in [0.29, 0.717) is 5.37 Å². The zero-order valence-electron chi connectivity index (χ0n) is 6.50. The van der Waals surface area contributed by atoms with Crippen molar-refractivity contribution in [3.05, 3.63) is 0 Å². The van der Waals surface area contributed by atoms with Gasteiger partial charge in [-0.15, -0.1) is 0 Å². The highest BCUT2D eigenvalue weighted by Gasteiger charge is 2.16. The second kappa shape index (κ2) is 5.31. The summed E-state index contributed by atoms with van der Waals surface area (Å²) in [5.41, 5.74) is 0. The van der Waals surface area contributed by atoms with E-state index in [4.69, 9.17) is 10.2 Å². The Hall–Kier alpha value is -1.37. The van der Waals surface area contributed by atoms with Gasteiger partial charge >= 0.3 is 11.9 Å². The molecule has 0 aromatic carbocycles. The molecule has 2 N–H and O–H groups in total. The van der Waals surface area contributed by atoms with Crippen molar-refractivity contribution in [1.29, 1.82) is 0 Å². The van der Waals surface area contributed by atoms with E-state index in [0.717, 1.165) is 0 Å². The Labute approximate surface area is 75.3 Å². The van der Waals surface area contributed by atoms with Crippen LogP contribution in [0, 0.1) is 5.92 Å². The molecule has 1 unspecified atom stereocenters. The van der Waals surface area contributed by atoms with Crippen molar-refractivity contribution in [2.75, 3.05) is 0 Å². The van der Waals surface area contributed by atoms with E-state index in [1.165, 1.54) is 0 Å². The average molecular weight is 208 g/mol. The molecule has 0 rings (SSSR count). The molecular weight excluding hydrogens is 200 g/mol. The van der Waals surface area contributed by atoms with Crippen molar-refractivity contribution in [3.63, 3.8) is 0 Å². The molecule has 0 radical (unpaired) electrons. The largest absolute Gasteiger partial charge is 0.481 e. The fourth-order valence-corrected chi connectivity index (χ4v) is 1.18. The van der Waals surface area contributed by atoms with Crippen LogP contribution in [-0.2, 0) is 19.9 Å². The summed E-state index contributed by atoms with van der Waals surface area (Å²) in [6.07, 6.45) is -0.594. The summed E-state index contributed by atoms with van der Waals surface area (Å²) in [7, 11) is -2.58. The molecule has 7 heteroatoms. The first-order chi connectivity index (χ1) is 5.93. The van der Waals surface area contributed by atoms with E-state index >= 15 is 0 Å². The van der Waals surface area contributed by atoms with Crippen molar-refractivity contribution >= 4 is 27.6 Å². The molecular formula is C6H8O6S. The molecule has 0 aliphatic carbocycles. The fraction of sp³-hybridized carbons (Fsp3) is 0.500. The van der Waals surface area contributed by atoms with Crippen LogP contribution in [0.2, 0.25) is 0 Å². The minimum Gasteiger partial charge on any atom is -0.481 e. The monoisotopic (exact) mass is 208 g/mol. The maximum Gasteiger partial charge on any atom is 0.311 e. The van der Waals surface area contributed by atoms with E-state index in [2.05, 4.69) is 0 Å². The summed E-state index contributed by atoms with van der Waals surface area (Å²) >= 11 is 0. The third-order valence-electron chi connectivity index (χ3n) is 1.26. The van der Waals surface area contributed by atoms with Gasteiger partial charge in [-0.2, -0.15) is 8.42 Å². The van der Waals surface area contributed by atoms with Crippen LogP contribution in [0.15, 0.2) is 0 Å². The maximum absolute atomic E-state index is 10.3. The van der Waals surface area contributed by atoms with Crippen molar-refractivity contribution < 1.29 is 28.2 Å². The molecule has 0 aliphatic rings. The first kappa shape index (κ1) is 11.6. The summed E-state index contributed by atoms with van der Waals surface area (Å²) in [6.45, 7) is 0. The summed E-state index contributed by atoms with van der Waals surface area (Å²) < 4.78 is 20.2. The number of aliphatic carboxylic acids is 2. The van der Waals surface area contributed by atoms with Crippen LogP contribution in [0.25, 0.3) is 0 Å². The van der Waals surface area contributed by atoms with E-state index in [-0.39, 0.29) is 12.8 Å². The molecule has 13 heavy (non-hydrogen) atoms. The van der Waals surface area contributed by atoms with Gasteiger partial charge in [0.15, 0.2) is 0 Å². The highest BCUT2D eigenvalue weighted by molar-refractivity contribution is 7.71. The number of carbonyl (C=O) groups is 2. The van der Waals surface area contributed by atoms with Gasteiger partial charge in [0.05, 0.1) is 11.3 Å². The topological polar surface area (TPSA) is 109 Å². The predicted molar refractivity (Wildman–Crippen MR) is 43.0 cm³/mol. The van der Waals surface area contributed by atoms with E-state index in [1.807, 2.05) is 0 Å². The minimum atomic E-state index is -2.58. The van der Waals surface area contributed by atoms with Crippen LogP contribution < -0.4 is 0 Å². The molecule has 0 fully saturated rings. The zero-order chi connectivity index (χ0) is 10.4. The highest BCUT2D eigenvalue weighted by Crippen LogP contribution is 2.03. The van der Waals surface area contributed by atoms with Crippen LogP contribution >= 0.6 is 0 Å². The van der Waals surface area contributed by atoms with Crippen molar-refractivity contribution in [1.82, 2.24) is 0 Å². The van der Waals surface area contributed by atoms with E-state index in [1.54, 1.807) is 0 Å². The summed E-state index contributed by atoms with van der Waals surface area (Å²) in [5.74, 6) is -3.75. The van der Waals surface area contributed by atoms with Gasteiger partial charge in [0.2, 0.25) is 10.3 Å². The number of hydrogen-bond donors (Lipinski definition) is 2. The second-order valence-corrected chi connectivity index (χ2v) is 3.07. The Morgan fingerprint density at radius 1 is 1.31 bits per heavy atom. The third kappa shape index (κ3) is 5.85. The Balaban J connectivity index is 4.37. The lowest BCUT2D eigenvalue weighted by atomic mass is 10.1. The van der Waals surface area contributed by atoms with E-state index in [9.17, 15) is 18.0 Å². The third-order valence-corrected chi connectivity index (χ3v) is 1.81. The van der Waals surface area contributed by atoms with Crippen molar-refractivity contribution in [2.45, 2.75) is 12.8 Å². The van der Waals surface area contributed by atoms with Gasteiger partial charge in [-0.1, -0.05) is 0 Å². The van der Waals surface area contributed by atoms with E-state index < -0.39 is 28.1 Å². The second-order valence-electron chi connectivity index (χ2n) is 2.27. The quantitative estimate of drug-likeness (QED) is 0.574. The Morgan fingerprint density at radius 2 is 1.85 bits per heavy atom. The molecule has 0 spiro atoms.